The number of hydrogen-bond acceptors (Lipinski definition) is 4. The predicted molar refractivity (Wildman–Crippen MR) is 124 cm³/mol. The highest BCUT2D eigenvalue weighted by molar-refractivity contribution is 9.10. The first-order valence-electron chi connectivity index (χ1n) is 9.50. The van der Waals surface area contributed by atoms with E-state index >= 15 is 0 Å². The van der Waals surface area contributed by atoms with E-state index in [1.165, 1.54) is 6.08 Å². The van der Waals surface area contributed by atoms with E-state index in [4.69, 9.17) is 4.74 Å². The molecular formula is C24H21BrN2O4. The van der Waals surface area contributed by atoms with Gasteiger partial charge in [0.2, 0.25) is 0 Å². The summed E-state index contributed by atoms with van der Waals surface area (Å²) in [6.07, 6.45) is 5.35. The third kappa shape index (κ3) is 4.83. The SMILES string of the molecule is C=CCOc1c(Br)cc(/C=C2\C(=O)NC(=O)N(c3ccc(C)cc3)C2=O)cc1CC=C. The Bertz CT molecular complexity index is 1100. The van der Waals surface area contributed by atoms with Crippen molar-refractivity contribution in [1.82, 2.24) is 5.32 Å². The van der Waals surface area contributed by atoms with Crippen molar-refractivity contribution in [2.24, 2.45) is 0 Å². The first kappa shape index (κ1) is 22.2. The molecule has 1 heterocycles. The number of amides is 4. The van der Waals surface area contributed by atoms with Crippen LogP contribution in [0.2, 0.25) is 0 Å². The number of barbiturate groups is 1. The van der Waals surface area contributed by atoms with Crippen LogP contribution in [0.1, 0.15) is 16.7 Å². The van der Waals surface area contributed by atoms with Crippen molar-refractivity contribution >= 4 is 45.5 Å². The molecule has 6 nitrogen and oxygen atoms in total. The molecule has 1 N–H and O–H groups in total. The molecule has 7 heteroatoms. The van der Waals surface area contributed by atoms with Gasteiger partial charge in [0.05, 0.1) is 10.2 Å². The van der Waals surface area contributed by atoms with E-state index in [2.05, 4.69) is 34.4 Å². The minimum Gasteiger partial charge on any atom is -0.488 e. The van der Waals surface area contributed by atoms with Crippen molar-refractivity contribution in [3.63, 3.8) is 0 Å². The van der Waals surface area contributed by atoms with Gasteiger partial charge in [-0.2, -0.15) is 0 Å². The van der Waals surface area contributed by atoms with Crippen LogP contribution >= 0.6 is 15.9 Å². The number of anilines is 1. The highest BCUT2D eigenvalue weighted by Gasteiger charge is 2.36. The maximum Gasteiger partial charge on any atom is 0.335 e. The van der Waals surface area contributed by atoms with E-state index in [1.54, 1.807) is 42.5 Å². The minimum atomic E-state index is -0.780. The number of benzene rings is 2. The lowest BCUT2D eigenvalue weighted by molar-refractivity contribution is -0.122. The summed E-state index contributed by atoms with van der Waals surface area (Å²) in [4.78, 5) is 38.8. The fourth-order valence-corrected chi connectivity index (χ4v) is 3.75. The third-order valence-corrected chi connectivity index (χ3v) is 5.15. The molecule has 1 aliphatic heterocycles. The number of carbonyl (C=O) groups is 3. The molecule has 4 amide bonds. The van der Waals surface area contributed by atoms with Gasteiger partial charge in [0.1, 0.15) is 17.9 Å². The summed E-state index contributed by atoms with van der Waals surface area (Å²) in [6.45, 7) is 9.65. The van der Waals surface area contributed by atoms with Gasteiger partial charge in [-0.25, -0.2) is 9.69 Å². The normalized spacial score (nSPS) is 15.1. The number of aryl methyl sites for hydroxylation is 1. The lowest BCUT2D eigenvalue weighted by Gasteiger charge is -2.26. The van der Waals surface area contributed by atoms with Crippen LogP contribution in [0.5, 0.6) is 5.75 Å². The Morgan fingerprint density at radius 1 is 1.10 bits per heavy atom. The Balaban J connectivity index is 2.02. The summed E-state index contributed by atoms with van der Waals surface area (Å²) in [5.74, 6) is -0.796. The van der Waals surface area contributed by atoms with Crippen LogP contribution < -0.4 is 15.0 Å². The summed E-state index contributed by atoms with van der Waals surface area (Å²) in [7, 11) is 0. The van der Waals surface area contributed by atoms with Crippen LogP contribution in [-0.2, 0) is 16.0 Å². The molecule has 3 rings (SSSR count). The Morgan fingerprint density at radius 3 is 2.45 bits per heavy atom. The molecular weight excluding hydrogens is 460 g/mol. The highest BCUT2D eigenvalue weighted by atomic mass is 79.9. The molecule has 1 fully saturated rings. The molecule has 0 radical (unpaired) electrons. The van der Waals surface area contributed by atoms with Gasteiger partial charge in [-0.3, -0.25) is 14.9 Å². The Hall–Kier alpha value is -3.45. The lowest BCUT2D eigenvalue weighted by atomic mass is 10.0. The Morgan fingerprint density at radius 2 is 1.81 bits per heavy atom. The van der Waals surface area contributed by atoms with E-state index in [0.717, 1.165) is 16.0 Å². The summed E-state index contributed by atoms with van der Waals surface area (Å²) in [5, 5.41) is 2.23. The van der Waals surface area contributed by atoms with Crippen molar-refractivity contribution in [3.05, 3.63) is 88.4 Å². The van der Waals surface area contributed by atoms with Crippen LogP contribution in [0, 0.1) is 6.92 Å². The quantitative estimate of drug-likeness (QED) is 0.353. The lowest BCUT2D eigenvalue weighted by Crippen LogP contribution is -2.54. The van der Waals surface area contributed by atoms with E-state index in [9.17, 15) is 14.4 Å². The molecule has 2 aromatic rings. The standard InChI is InChI=1S/C24H21BrN2O4/c1-4-6-17-12-16(14-20(25)21(17)31-11-5-2)13-19-22(28)26-24(30)27(23(19)29)18-9-7-15(3)8-10-18/h4-5,7-10,12-14H,1-2,6,11H2,3H3,(H,26,28,30)/b19-13+. The number of allylic oxidation sites excluding steroid dienone is 1. The smallest absolute Gasteiger partial charge is 0.335 e. The average Bonchev–Trinajstić information content (AvgIpc) is 2.72. The molecule has 0 bridgehead atoms. The molecule has 31 heavy (non-hydrogen) atoms. The predicted octanol–water partition coefficient (Wildman–Crippen LogP) is 4.72. The van der Waals surface area contributed by atoms with Crippen LogP contribution in [0.4, 0.5) is 10.5 Å². The highest BCUT2D eigenvalue weighted by Crippen LogP contribution is 2.33. The molecule has 0 saturated carbocycles. The third-order valence-electron chi connectivity index (χ3n) is 4.56. The second-order valence-electron chi connectivity index (χ2n) is 6.88. The maximum atomic E-state index is 13.1. The maximum absolute atomic E-state index is 13.1. The minimum absolute atomic E-state index is 0.142. The van der Waals surface area contributed by atoms with E-state index in [0.29, 0.717) is 34.5 Å². The van der Waals surface area contributed by atoms with Gasteiger partial charge in [-0.15, -0.1) is 6.58 Å². The fourth-order valence-electron chi connectivity index (χ4n) is 3.12. The molecule has 0 unspecified atom stereocenters. The summed E-state index contributed by atoms with van der Waals surface area (Å²) in [5.41, 5.74) is 2.66. The number of nitrogens with one attached hydrogen (secondary N) is 1. The largest absolute Gasteiger partial charge is 0.488 e. The molecule has 0 atom stereocenters. The fraction of sp³-hybridized carbons (Fsp3) is 0.125. The van der Waals surface area contributed by atoms with E-state index < -0.39 is 17.8 Å². The number of carbonyl (C=O) groups excluding carboxylic acids is 3. The van der Waals surface area contributed by atoms with Crippen molar-refractivity contribution in [1.29, 1.82) is 0 Å². The second-order valence-corrected chi connectivity index (χ2v) is 7.73. The zero-order chi connectivity index (χ0) is 22.5. The summed E-state index contributed by atoms with van der Waals surface area (Å²) < 4.78 is 6.39. The van der Waals surface area contributed by atoms with Crippen LogP contribution in [-0.4, -0.2) is 24.5 Å². The molecule has 0 spiro atoms. The van der Waals surface area contributed by atoms with Crippen molar-refractivity contribution in [2.75, 3.05) is 11.5 Å². The van der Waals surface area contributed by atoms with Gasteiger partial charge in [0, 0.05) is 0 Å². The Kier molecular flexibility index (Phi) is 6.87. The summed E-state index contributed by atoms with van der Waals surface area (Å²) in [6, 6.07) is 9.66. The molecule has 1 saturated heterocycles. The molecule has 1 aliphatic rings. The average molecular weight is 481 g/mol. The number of hydrogen-bond donors (Lipinski definition) is 1. The monoisotopic (exact) mass is 480 g/mol. The second kappa shape index (κ2) is 9.57. The number of imide groups is 2. The zero-order valence-corrected chi connectivity index (χ0v) is 18.6. The number of halogens is 1. The van der Waals surface area contributed by atoms with Crippen molar-refractivity contribution < 1.29 is 19.1 Å². The van der Waals surface area contributed by atoms with Gasteiger partial charge in [0.15, 0.2) is 0 Å². The zero-order valence-electron chi connectivity index (χ0n) is 17.0. The van der Waals surface area contributed by atoms with Gasteiger partial charge in [-0.05, 0) is 70.7 Å². The van der Waals surface area contributed by atoms with Crippen LogP contribution in [0.15, 0.2) is 71.8 Å². The molecule has 0 aromatic heterocycles. The van der Waals surface area contributed by atoms with E-state index in [-0.39, 0.29) is 5.57 Å². The molecule has 158 valence electrons. The van der Waals surface area contributed by atoms with Gasteiger partial charge < -0.3 is 4.74 Å². The number of rotatable bonds is 7. The molecule has 2 aromatic carbocycles. The number of nitrogens with zero attached hydrogens (tertiary/aromatic N) is 1. The number of ether oxygens (including phenoxy) is 1. The first-order chi connectivity index (χ1) is 14.8. The topological polar surface area (TPSA) is 75.7 Å². The van der Waals surface area contributed by atoms with Gasteiger partial charge >= 0.3 is 6.03 Å². The van der Waals surface area contributed by atoms with Crippen molar-refractivity contribution in [2.45, 2.75) is 13.3 Å². The number of urea groups is 1. The van der Waals surface area contributed by atoms with Gasteiger partial charge in [-0.1, -0.05) is 36.4 Å². The molecule has 0 aliphatic carbocycles. The van der Waals surface area contributed by atoms with Gasteiger partial charge in [0.25, 0.3) is 11.8 Å². The first-order valence-corrected chi connectivity index (χ1v) is 10.3. The summed E-state index contributed by atoms with van der Waals surface area (Å²) >= 11 is 3.49. The van der Waals surface area contributed by atoms with Crippen LogP contribution in [0.3, 0.4) is 0 Å². The Labute approximate surface area is 189 Å². The van der Waals surface area contributed by atoms with Crippen LogP contribution in [0.25, 0.3) is 6.08 Å². The van der Waals surface area contributed by atoms with E-state index in [1.807, 2.05) is 13.0 Å². The van der Waals surface area contributed by atoms with Crippen molar-refractivity contribution in [3.8, 4) is 5.75 Å².